The van der Waals surface area contributed by atoms with Crippen LogP contribution in [0.4, 0.5) is 8.78 Å². The van der Waals surface area contributed by atoms with E-state index in [1.54, 1.807) is 12.1 Å². The van der Waals surface area contributed by atoms with Crippen molar-refractivity contribution in [2.75, 3.05) is 6.61 Å². The third-order valence-electron chi connectivity index (χ3n) is 1.73. The molecule has 6 heteroatoms. The number of aliphatic hydroxyl groups is 1. The van der Waals surface area contributed by atoms with Crippen molar-refractivity contribution in [3.8, 4) is 5.75 Å². The molecule has 0 fully saturated rings. The molecule has 3 N–H and O–H groups in total. The average Bonchev–Trinajstić information content (AvgIpc) is 2.17. The molecule has 0 aliphatic carbocycles. The van der Waals surface area contributed by atoms with E-state index in [2.05, 4.69) is 4.74 Å². The molecule has 0 aliphatic rings. The minimum Gasteiger partial charge on any atom is -0.435 e. The number of aliphatic hydroxyl groups excluding tert-OH is 1. The number of hydrogen-bond acceptors (Lipinski definition) is 3. The summed E-state index contributed by atoms with van der Waals surface area (Å²) in [5.41, 5.74) is 6.18. The summed E-state index contributed by atoms with van der Waals surface area (Å²) in [7, 11) is 0. The fourth-order valence-electron chi connectivity index (χ4n) is 1.00. The van der Waals surface area contributed by atoms with Gasteiger partial charge in [0.15, 0.2) is 0 Å². The smallest absolute Gasteiger partial charge is 0.387 e. The standard InChI is InChI=1S/C9H11F2NO2.ClH/c10-9(11)14-7-3-1-6(2-4-7)8(12)5-13;/h1-4,8-9,13H,5,12H2;1H/t8-;/m1./s1. The normalized spacial score (nSPS) is 12.1. The molecule has 1 aromatic carbocycles. The van der Waals surface area contributed by atoms with Crippen LogP contribution in [0.5, 0.6) is 5.75 Å². The van der Waals surface area contributed by atoms with Gasteiger partial charge in [-0.25, -0.2) is 0 Å². The lowest BCUT2D eigenvalue weighted by atomic mass is 10.1. The number of ether oxygens (including phenoxy) is 1. The Balaban J connectivity index is 0.00000196. The van der Waals surface area contributed by atoms with Crippen LogP contribution in [0, 0.1) is 0 Å². The van der Waals surface area contributed by atoms with Crippen LogP contribution < -0.4 is 10.5 Å². The van der Waals surface area contributed by atoms with Crippen LogP contribution in [0.15, 0.2) is 24.3 Å². The molecule has 0 unspecified atom stereocenters. The van der Waals surface area contributed by atoms with Crippen LogP contribution in [0.2, 0.25) is 0 Å². The van der Waals surface area contributed by atoms with Gasteiger partial charge in [0, 0.05) is 0 Å². The third kappa shape index (κ3) is 4.42. The Morgan fingerprint density at radius 2 is 1.80 bits per heavy atom. The van der Waals surface area contributed by atoms with Gasteiger partial charge in [0.05, 0.1) is 12.6 Å². The fourth-order valence-corrected chi connectivity index (χ4v) is 1.00. The van der Waals surface area contributed by atoms with E-state index in [9.17, 15) is 8.78 Å². The molecule has 1 aromatic rings. The predicted octanol–water partition coefficient (Wildman–Crippen LogP) is 1.70. The molecule has 1 atom stereocenters. The zero-order valence-electron chi connectivity index (χ0n) is 7.77. The molecular formula is C9H12ClF2NO2. The van der Waals surface area contributed by atoms with Gasteiger partial charge >= 0.3 is 6.61 Å². The number of benzene rings is 1. The molecule has 0 saturated carbocycles. The molecule has 0 radical (unpaired) electrons. The van der Waals surface area contributed by atoms with Crippen LogP contribution in [0.1, 0.15) is 11.6 Å². The first-order valence-electron chi connectivity index (χ1n) is 4.04. The van der Waals surface area contributed by atoms with Gasteiger partial charge in [0.25, 0.3) is 0 Å². The first-order valence-corrected chi connectivity index (χ1v) is 4.04. The lowest BCUT2D eigenvalue weighted by molar-refractivity contribution is -0.0498. The monoisotopic (exact) mass is 239 g/mol. The highest BCUT2D eigenvalue weighted by molar-refractivity contribution is 5.85. The SMILES string of the molecule is Cl.N[C@H](CO)c1ccc(OC(F)F)cc1. The number of hydrogen-bond donors (Lipinski definition) is 2. The minimum absolute atomic E-state index is 0. The van der Waals surface area contributed by atoms with E-state index in [0.29, 0.717) is 5.56 Å². The highest BCUT2D eigenvalue weighted by Gasteiger charge is 2.06. The van der Waals surface area contributed by atoms with Gasteiger partial charge in [-0.05, 0) is 17.7 Å². The largest absolute Gasteiger partial charge is 0.435 e. The van der Waals surface area contributed by atoms with E-state index in [0.717, 1.165) is 0 Å². The second kappa shape index (κ2) is 6.55. The zero-order chi connectivity index (χ0) is 10.6. The van der Waals surface area contributed by atoms with Crippen molar-refractivity contribution in [1.82, 2.24) is 0 Å². The van der Waals surface area contributed by atoms with Crippen molar-refractivity contribution in [1.29, 1.82) is 0 Å². The fraction of sp³-hybridized carbons (Fsp3) is 0.333. The van der Waals surface area contributed by atoms with Crippen molar-refractivity contribution in [2.24, 2.45) is 5.73 Å². The van der Waals surface area contributed by atoms with Crippen LogP contribution >= 0.6 is 12.4 Å². The third-order valence-corrected chi connectivity index (χ3v) is 1.73. The lowest BCUT2D eigenvalue weighted by Gasteiger charge is -2.09. The van der Waals surface area contributed by atoms with E-state index in [1.165, 1.54) is 12.1 Å². The number of rotatable bonds is 4. The van der Waals surface area contributed by atoms with E-state index in [1.807, 2.05) is 0 Å². The molecule has 0 aromatic heterocycles. The zero-order valence-corrected chi connectivity index (χ0v) is 8.58. The first kappa shape index (κ1) is 14.1. The second-order valence-corrected chi connectivity index (χ2v) is 2.74. The summed E-state index contributed by atoms with van der Waals surface area (Å²) in [5.74, 6) is 0.0777. The van der Waals surface area contributed by atoms with Crippen molar-refractivity contribution in [2.45, 2.75) is 12.7 Å². The molecule has 15 heavy (non-hydrogen) atoms. The number of nitrogens with two attached hydrogens (primary N) is 1. The molecule has 0 amide bonds. The molecule has 0 saturated heterocycles. The maximum Gasteiger partial charge on any atom is 0.387 e. The highest BCUT2D eigenvalue weighted by atomic mass is 35.5. The number of alkyl halides is 2. The summed E-state index contributed by atoms with van der Waals surface area (Å²) < 4.78 is 27.7. The summed E-state index contributed by atoms with van der Waals surface area (Å²) in [6, 6.07) is 5.36. The molecule has 0 bridgehead atoms. The van der Waals surface area contributed by atoms with Crippen molar-refractivity contribution in [3.63, 3.8) is 0 Å². The Morgan fingerprint density at radius 1 is 1.27 bits per heavy atom. The van der Waals surface area contributed by atoms with Crippen molar-refractivity contribution in [3.05, 3.63) is 29.8 Å². The highest BCUT2D eigenvalue weighted by Crippen LogP contribution is 2.17. The maximum atomic E-state index is 11.8. The van der Waals surface area contributed by atoms with Crippen molar-refractivity contribution < 1.29 is 18.6 Å². The maximum absolute atomic E-state index is 11.8. The van der Waals surface area contributed by atoms with Gasteiger partial charge < -0.3 is 15.6 Å². The molecular weight excluding hydrogens is 228 g/mol. The predicted molar refractivity (Wildman–Crippen MR) is 54.3 cm³/mol. The van der Waals surface area contributed by atoms with Gasteiger partial charge in [-0.3, -0.25) is 0 Å². The Morgan fingerprint density at radius 3 is 2.20 bits per heavy atom. The van der Waals surface area contributed by atoms with Gasteiger partial charge in [-0.1, -0.05) is 12.1 Å². The van der Waals surface area contributed by atoms with Crippen molar-refractivity contribution >= 4 is 12.4 Å². The van der Waals surface area contributed by atoms with E-state index in [4.69, 9.17) is 10.8 Å². The Bertz CT molecular complexity index is 282. The Kier molecular flexibility index (Phi) is 6.15. The summed E-state index contributed by atoms with van der Waals surface area (Å²) in [6.45, 7) is -3.01. The van der Waals surface area contributed by atoms with Crippen LogP contribution in [-0.2, 0) is 0 Å². The lowest BCUT2D eigenvalue weighted by Crippen LogP contribution is -2.14. The topological polar surface area (TPSA) is 55.5 Å². The first-order chi connectivity index (χ1) is 6.63. The molecule has 0 spiro atoms. The van der Waals surface area contributed by atoms with E-state index < -0.39 is 12.7 Å². The summed E-state index contributed by atoms with van der Waals surface area (Å²) >= 11 is 0. The summed E-state index contributed by atoms with van der Waals surface area (Å²) in [4.78, 5) is 0. The molecule has 0 aliphatic heterocycles. The quantitative estimate of drug-likeness (QED) is 0.841. The van der Waals surface area contributed by atoms with Gasteiger partial charge in [-0.15, -0.1) is 12.4 Å². The van der Waals surface area contributed by atoms with E-state index in [-0.39, 0.29) is 24.8 Å². The van der Waals surface area contributed by atoms with Gasteiger partial charge in [-0.2, -0.15) is 8.78 Å². The molecule has 86 valence electrons. The summed E-state index contributed by atoms with van der Waals surface area (Å²) in [5, 5.41) is 8.73. The molecule has 0 heterocycles. The van der Waals surface area contributed by atoms with E-state index >= 15 is 0 Å². The van der Waals surface area contributed by atoms with Crippen LogP contribution in [-0.4, -0.2) is 18.3 Å². The van der Waals surface area contributed by atoms with Gasteiger partial charge in [0.1, 0.15) is 5.75 Å². The molecule has 1 rings (SSSR count). The average molecular weight is 240 g/mol. The minimum atomic E-state index is -2.83. The summed E-state index contributed by atoms with van der Waals surface area (Å²) in [6.07, 6.45) is 0. The Labute approximate surface area is 92.3 Å². The van der Waals surface area contributed by atoms with Crippen LogP contribution in [0.25, 0.3) is 0 Å². The second-order valence-electron chi connectivity index (χ2n) is 2.74. The van der Waals surface area contributed by atoms with Gasteiger partial charge in [0.2, 0.25) is 0 Å². The van der Waals surface area contributed by atoms with Crippen LogP contribution in [0.3, 0.4) is 0 Å². The number of halogens is 3. The Hall–Kier alpha value is -0.910. The molecule has 3 nitrogen and oxygen atoms in total.